The first-order chi connectivity index (χ1) is 14.7. The number of thioether (sulfide) groups is 1. The molecule has 1 unspecified atom stereocenters. The Morgan fingerprint density at radius 1 is 1.30 bits per heavy atom. The van der Waals surface area contributed by atoms with E-state index in [1.165, 1.54) is 16.9 Å². The predicted molar refractivity (Wildman–Crippen MR) is 122 cm³/mol. The lowest BCUT2D eigenvalue weighted by Gasteiger charge is -2.16. The lowest BCUT2D eigenvalue weighted by atomic mass is 9.97. The van der Waals surface area contributed by atoms with Crippen molar-refractivity contribution in [1.29, 1.82) is 0 Å². The summed E-state index contributed by atoms with van der Waals surface area (Å²) in [5, 5.41) is 1.66. The summed E-state index contributed by atoms with van der Waals surface area (Å²) in [6, 6.07) is 8.07. The van der Waals surface area contributed by atoms with Crippen LogP contribution in [0.4, 0.5) is 0 Å². The average Bonchev–Trinajstić information content (AvgIpc) is 3.42. The van der Waals surface area contributed by atoms with Gasteiger partial charge < -0.3 is 9.47 Å². The quantitative estimate of drug-likeness (QED) is 0.405. The van der Waals surface area contributed by atoms with Crippen LogP contribution in [0.3, 0.4) is 0 Å². The molecule has 0 bridgehead atoms. The van der Waals surface area contributed by atoms with Gasteiger partial charge in [0.25, 0.3) is 5.56 Å². The second-order valence-electron chi connectivity index (χ2n) is 7.98. The van der Waals surface area contributed by atoms with Crippen molar-refractivity contribution in [3.05, 3.63) is 50.6 Å². The van der Waals surface area contributed by atoms with E-state index in [0.717, 1.165) is 71.1 Å². The highest BCUT2D eigenvalue weighted by molar-refractivity contribution is 7.98. The van der Waals surface area contributed by atoms with Crippen LogP contribution in [-0.2, 0) is 29.9 Å². The Morgan fingerprint density at radius 3 is 3.03 bits per heavy atom. The maximum Gasteiger partial charge on any atom is 0.263 e. The van der Waals surface area contributed by atoms with Gasteiger partial charge in [-0.05, 0) is 61.8 Å². The molecule has 1 aliphatic heterocycles. The van der Waals surface area contributed by atoms with Crippen LogP contribution in [0.25, 0.3) is 10.2 Å². The SMILES string of the molecule is COc1cccc(CSc2nc3sc4c(c3c(=O)n2CC2CCCO2)CCCC4)c1. The fourth-order valence-electron chi connectivity index (χ4n) is 4.39. The summed E-state index contributed by atoms with van der Waals surface area (Å²) >= 11 is 3.34. The van der Waals surface area contributed by atoms with E-state index >= 15 is 0 Å². The maximum atomic E-state index is 13.6. The summed E-state index contributed by atoms with van der Waals surface area (Å²) in [5.41, 5.74) is 2.52. The van der Waals surface area contributed by atoms with Gasteiger partial charge in [0.05, 0.1) is 25.1 Å². The fraction of sp³-hybridized carbons (Fsp3) is 0.478. The second-order valence-corrected chi connectivity index (χ2v) is 10.0. The van der Waals surface area contributed by atoms with Crippen LogP contribution in [0.15, 0.2) is 34.2 Å². The summed E-state index contributed by atoms with van der Waals surface area (Å²) < 4.78 is 13.1. The molecule has 1 aliphatic carbocycles. The summed E-state index contributed by atoms with van der Waals surface area (Å²) in [6.07, 6.45) is 6.63. The van der Waals surface area contributed by atoms with Crippen LogP contribution < -0.4 is 10.3 Å². The van der Waals surface area contributed by atoms with Gasteiger partial charge in [-0.1, -0.05) is 23.9 Å². The lowest BCUT2D eigenvalue weighted by Crippen LogP contribution is -2.29. The molecule has 0 radical (unpaired) electrons. The van der Waals surface area contributed by atoms with Gasteiger partial charge in [-0.15, -0.1) is 11.3 Å². The molecule has 2 aliphatic rings. The van der Waals surface area contributed by atoms with Gasteiger partial charge in [-0.25, -0.2) is 4.98 Å². The number of ether oxygens (including phenoxy) is 2. The van der Waals surface area contributed by atoms with Crippen LogP contribution in [-0.4, -0.2) is 29.4 Å². The fourth-order valence-corrected chi connectivity index (χ4v) is 6.65. The number of benzene rings is 1. The molecule has 158 valence electrons. The van der Waals surface area contributed by atoms with Crippen molar-refractivity contribution in [1.82, 2.24) is 9.55 Å². The lowest BCUT2D eigenvalue weighted by molar-refractivity contribution is 0.0937. The van der Waals surface area contributed by atoms with Crippen molar-refractivity contribution in [2.75, 3.05) is 13.7 Å². The number of aromatic nitrogens is 2. The molecule has 3 heterocycles. The molecular weight excluding hydrogens is 416 g/mol. The number of aryl methyl sites for hydroxylation is 2. The van der Waals surface area contributed by atoms with Crippen LogP contribution in [0.2, 0.25) is 0 Å². The monoisotopic (exact) mass is 442 g/mol. The summed E-state index contributed by atoms with van der Waals surface area (Å²) in [4.78, 5) is 20.9. The Morgan fingerprint density at radius 2 is 2.20 bits per heavy atom. The molecule has 5 rings (SSSR count). The molecule has 7 heteroatoms. The molecule has 0 saturated carbocycles. The standard InChI is InChI=1S/C23H26N2O3S2/c1-27-16-7-4-6-15(12-16)14-29-23-24-21-20(18-9-2-3-10-19(18)30-21)22(26)25(23)13-17-8-5-11-28-17/h4,6-7,12,17H,2-3,5,8-11,13-14H2,1H3. The molecule has 30 heavy (non-hydrogen) atoms. The summed E-state index contributed by atoms with van der Waals surface area (Å²) in [7, 11) is 1.68. The molecule has 1 aromatic carbocycles. The minimum atomic E-state index is 0.104. The Hall–Kier alpha value is -1.83. The van der Waals surface area contributed by atoms with Gasteiger partial charge >= 0.3 is 0 Å². The van der Waals surface area contributed by atoms with Crippen molar-refractivity contribution in [2.24, 2.45) is 0 Å². The normalized spacial score (nSPS) is 18.6. The van der Waals surface area contributed by atoms with Gasteiger partial charge in [-0.2, -0.15) is 0 Å². The van der Waals surface area contributed by atoms with E-state index in [-0.39, 0.29) is 11.7 Å². The minimum Gasteiger partial charge on any atom is -0.497 e. The Kier molecular flexibility index (Phi) is 5.85. The maximum absolute atomic E-state index is 13.6. The highest BCUT2D eigenvalue weighted by Crippen LogP contribution is 2.35. The minimum absolute atomic E-state index is 0.104. The van der Waals surface area contributed by atoms with Crippen molar-refractivity contribution >= 4 is 33.3 Å². The second kappa shape index (κ2) is 8.73. The van der Waals surface area contributed by atoms with E-state index in [2.05, 4.69) is 6.07 Å². The van der Waals surface area contributed by atoms with E-state index in [0.29, 0.717) is 6.54 Å². The highest BCUT2D eigenvalue weighted by atomic mass is 32.2. The van der Waals surface area contributed by atoms with Gasteiger partial charge in [0.1, 0.15) is 10.6 Å². The Balaban J connectivity index is 1.53. The zero-order valence-electron chi connectivity index (χ0n) is 17.2. The van der Waals surface area contributed by atoms with Crippen molar-refractivity contribution < 1.29 is 9.47 Å². The smallest absolute Gasteiger partial charge is 0.263 e. The number of rotatable bonds is 6. The Bertz CT molecular complexity index is 1120. The molecule has 1 fully saturated rings. The van der Waals surface area contributed by atoms with Crippen molar-refractivity contribution in [3.8, 4) is 5.75 Å². The first-order valence-corrected chi connectivity index (χ1v) is 12.5. The van der Waals surface area contributed by atoms with E-state index in [1.54, 1.807) is 30.2 Å². The van der Waals surface area contributed by atoms with E-state index in [9.17, 15) is 4.79 Å². The van der Waals surface area contributed by atoms with E-state index < -0.39 is 0 Å². The molecule has 0 spiro atoms. The van der Waals surface area contributed by atoms with Gasteiger partial charge in [0.2, 0.25) is 0 Å². The van der Waals surface area contributed by atoms with Crippen molar-refractivity contribution in [3.63, 3.8) is 0 Å². The molecule has 0 N–H and O–H groups in total. The van der Waals surface area contributed by atoms with Gasteiger partial charge in [0, 0.05) is 17.2 Å². The van der Waals surface area contributed by atoms with Crippen molar-refractivity contribution in [2.45, 2.75) is 62.1 Å². The van der Waals surface area contributed by atoms with Crippen LogP contribution in [0.1, 0.15) is 41.7 Å². The van der Waals surface area contributed by atoms with Crippen LogP contribution in [0, 0.1) is 0 Å². The number of hydrogen-bond acceptors (Lipinski definition) is 6. The third kappa shape index (κ3) is 3.90. The summed E-state index contributed by atoms with van der Waals surface area (Å²) in [5.74, 6) is 1.59. The number of thiophene rings is 1. The third-order valence-corrected chi connectivity index (χ3v) is 8.19. The molecule has 5 nitrogen and oxygen atoms in total. The third-order valence-electron chi connectivity index (χ3n) is 5.95. The average molecular weight is 443 g/mol. The first-order valence-electron chi connectivity index (χ1n) is 10.7. The molecule has 3 aromatic rings. The molecule has 1 atom stereocenters. The van der Waals surface area contributed by atoms with Gasteiger partial charge in [0.15, 0.2) is 5.16 Å². The van der Waals surface area contributed by atoms with Crippen LogP contribution in [0.5, 0.6) is 5.75 Å². The molecule has 2 aromatic heterocycles. The molecule has 1 saturated heterocycles. The van der Waals surface area contributed by atoms with Gasteiger partial charge in [-0.3, -0.25) is 9.36 Å². The Labute approximate surface area is 184 Å². The van der Waals surface area contributed by atoms with Crippen LogP contribution >= 0.6 is 23.1 Å². The zero-order chi connectivity index (χ0) is 20.5. The summed E-state index contributed by atoms with van der Waals surface area (Å²) in [6.45, 7) is 1.38. The largest absolute Gasteiger partial charge is 0.497 e. The predicted octanol–water partition coefficient (Wildman–Crippen LogP) is 4.82. The number of hydrogen-bond donors (Lipinski definition) is 0. The molecule has 0 amide bonds. The number of fused-ring (bicyclic) bond motifs is 3. The van der Waals surface area contributed by atoms with E-state index in [4.69, 9.17) is 14.5 Å². The number of nitrogens with zero attached hydrogens (tertiary/aromatic N) is 2. The first kappa shape index (κ1) is 20.1. The highest BCUT2D eigenvalue weighted by Gasteiger charge is 2.24. The molecular formula is C23H26N2O3S2. The number of methoxy groups -OCH3 is 1. The van der Waals surface area contributed by atoms with E-state index in [1.807, 2.05) is 22.8 Å². The zero-order valence-corrected chi connectivity index (χ0v) is 18.8. The topological polar surface area (TPSA) is 53.3 Å².